The standard InChI is InChI=1S/C13H25N/c1-8-11(10(3)4)14-12(9-2)13(5,6)7/h8,10H,9H2,1-7H3/b11-8-,14-12+. The topological polar surface area (TPSA) is 12.4 Å². The van der Waals surface area contributed by atoms with E-state index in [9.17, 15) is 0 Å². The van der Waals surface area contributed by atoms with Gasteiger partial charge in [0.15, 0.2) is 0 Å². The quantitative estimate of drug-likeness (QED) is 0.590. The van der Waals surface area contributed by atoms with Crippen molar-refractivity contribution in [3.63, 3.8) is 0 Å². The first-order chi connectivity index (χ1) is 6.32. The maximum absolute atomic E-state index is 4.76. The molecule has 82 valence electrons. The van der Waals surface area contributed by atoms with Crippen LogP contribution in [0.5, 0.6) is 0 Å². The normalized spacial score (nSPS) is 15.1. The Hall–Kier alpha value is -0.590. The third kappa shape index (κ3) is 4.08. The fourth-order valence-corrected chi connectivity index (χ4v) is 1.46. The van der Waals surface area contributed by atoms with Gasteiger partial charge in [-0.25, -0.2) is 0 Å². The lowest BCUT2D eigenvalue weighted by molar-refractivity contribution is 0.576. The van der Waals surface area contributed by atoms with Crippen molar-refractivity contribution in [3.05, 3.63) is 11.8 Å². The smallest absolute Gasteiger partial charge is 0.0386 e. The first-order valence-corrected chi connectivity index (χ1v) is 5.57. The molecule has 0 radical (unpaired) electrons. The van der Waals surface area contributed by atoms with Crippen molar-refractivity contribution in [1.82, 2.24) is 0 Å². The van der Waals surface area contributed by atoms with Crippen molar-refractivity contribution in [2.24, 2.45) is 16.3 Å². The fourth-order valence-electron chi connectivity index (χ4n) is 1.46. The van der Waals surface area contributed by atoms with Crippen LogP contribution in [0.3, 0.4) is 0 Å². The highest BCUT2D eigenvalue weighted by atomic mass is 14.8. The molecule has 1 heteroatoms. The van der Waals surface area contributed by atoms with Crippen molar-refractivity contribution in [2.45, 2.75) is 54.9 Å². The lowest BCUT2D eigenvalue weighted by Gasteiger charge is -2.21. The molecule has 0 rings (SSSR count). The molecule has 0 N–H and O–H groups in total. The van der Waals surface area contributed by atoms with Gasteiger partial charge in [0.1, 0.15) is 0 Å². The predicted molar refractivity (Wildman–Crippen MR) is 65.8 cm³/mol. The first-order valence-electron chi connectivity index (χ1n) is 5.57. The van der Waals surface area contributed by atoms with E-state index in [-0.39, 0.29) is 5.41 Å². The highest BCUT2D eigenvalue weighted by Gasteiger charge is 2.17. The zero-order chi connectivity index (χ0) is 11.4. The minimum Gasteiger partial charge on any atom is -0.262 e. The molecular formula is C13H25N. The molecule has 0 aromatic carbocycles. The molecule has 0 atom stereocenters. The van der Waals surface area contributed by atoms with Gasteiger partial charge in [-0.1, -0.05) is 47.6 Å². The van der Waals surface area contributed by atoms with E-state index in [4.69, 9.17) is 4.99 Å². The molecule has 0 amide bonds. The summed E-state index contributed by atoms with van der Waals surface area (Å²) < 4.78 is 0. The van der Waals surface area contributed by atoms with Crippen LogP contribution in [0.15, 0.2) is 16.8 Å². The summed E-state index contributed by atoms with van der Waals surface area (Å²) in [5.74, 6) is 0.517. The molecule has 0 aromatic heterocycles. The van der Waals surface area contributed by atoms with E-state index < -0.39 is 0 Å². The monoisotopic (exact) mass is 195 g/mol. The molecule has 0 aliphatic rings. The predicted octanol–water partition coefficient (Wildman–Crippen LogP) is 4.44. The summed E-state index contributed by atoms with van der Waals surface area (Å²) in [6.07, 6.45) is 3.15. The molecule has 0 aliphatic carbocycles. The zero-order valence-electron chi connectivity index (χ0n) is 10.8. The molecular weight excluding hydrogens is 170 g/mol. The lowest BCUT2D eigenvalue weighted by atomic mass is 9.88. The third-order valence-corrected chi connectivity index (χ3v) is 2.35. The SMILES string of the molecule is C/C=C(\N=C(/CC)C(C)(C)C)C(C)C. The van der Waals surface area contributed by atoms with Crippen molar-refractivity contribution in [3.8, 4) is 0 Å². The van der Waals surface area contributed by atoms with Crippen LogP contribution in [0.2, 0.25) is 0 Å². The fraction of sp³-hybridized carbons (Fsp3) is 0.769. The van der Waals surface area contributed by atoms with Gasteiger partial charge in [-0.05, 0) is 19.3 Å². The van der Waals surface area contributed by atoms with Crippen LogP contribution in [0, 0.1) is 11.3 Å². The molecule has 1 nitrogen and oxygen atoms in total. The van der Waals surface area contributed by atoms with Crippen LogP contribution in [0.1, 0.15) is 54.9 Å². The second-order valence-electron chi connectivity index (χ2n) is 5.03. The number of hydrogen-bond acceptors (Lipinski definition) is 1. The van der Waals surface area contributed by atoms with Crippen LogP contribution < -0.4 is 0 Å². The molecule has 0 saturated carbocycles. The Bertz CT molecular complexity index is 226. The Labute approximate surface area is 89.3 Å². The Morgan fingerprint density at radius 2 is 1.79 bits per heavy atom. The molecule has 0 unspecified atom stereocenters. The van der Waals surface area contributed by atoms with Gasteiger partial charge >= 0.3 is 0 Å². The van der Waals surface area contributed by atoms with Crippen LogP contribution in [0.25, 0.3) is 0 Å². The van der Waals surface area contributed by atoms with E-state index >= 15 is 0 Å². The van der Waals surface area contributed by atoms with E-state index in [2.05, 4.69) is 54.5 Å². The van der Waals surface area contributed by atoms with Crippen molar-refractivity contribution < 1.29 is 0 Å². The number of hydrogen-bond donors (Lipinski definition) is 0. The Balaban J connectivity index is 4.93. The van der Waals surface area contributed by atoms with Gasteiger partial charge in [-0.2, -0.15) is 0 Å². The van der Waals surface area contributed by atoms with Gasteiger partial charge in [0, 0.05) is 16.8 Å². The number of allylic oxidation sites excluding steroid dienone is 2. The van der Waals surface area contributed by atoms with E-state index in [1.165, 1.54) is 11.4 Å². The highest BCUT2D eigenvalue weighted by Crippen LogP contribution is 2.22. The van der Waals surface area contributed by atoms with Gasteiger partial charge in [0.2, 0.25) is 0 Å². The van der Waals surface area contributed by atoms with Gasteiger partial charge < -0.3 is 0 Å². The molecule has 0 saturated heterocycles. The van der Waals surface area contributed by atoms with E-state index in [1.807, 2.05) is 0 Å². The first kappa shape index (κ1) is 13.4. The minimum atomic E-state index is 0.192. The van der Waals surface area contributed by atoms with Crippen LogP contribution in [0.4, 0.5) is 0 Å². The summed E-state index contributed by atoms with van der Waals surface area (Å²) >= 11 is 0. The van der Waals surface area contributed by atoms with Crippen LogP contribution in [-0.4, -0.2) is 5.71 Å². The lowest BCUT2D eigenvalue weighted by Crippen LogP contribution is -2.20. The molecule has 14 heavy (non-hydrogen) atoms. The van der Waals surface area contributed by atoms with Gasteiger partial charge in [-0.15, -0.1) is 0 Å². The Morgan fingerprint density at radius 1 is 1.29 bits per heavy atom. The summed E-state index contributed by atoms with van der Waals surface area (Å²) in [6, 6.07) is 0. The van der Waals surface area contributed by atoms with Crippen LogP contribution >= 0.6 is 0 Å². The number of aliphatic imine (C=N–C) groups is 1. The number of nitrogens with zero attached hydrogens (tertiary/aromatic N) is 1. The maximum atomic E-state index is 4.76. The minimum absolute atomic E-state index is 0.192. The molecule has 0 fully saturated rings. The van der Waals surface area contributed by atoms with Gasteiger partial charge in [-0.3, -0.25) is 4.99 Å². The molecule has 0 heterocycles. The van der Waals surface area contributed by atoms with E-state index in [0.717, 1.165) is 6.42 Å². The van der Waals surface area contributed by atoms with Gasteiger partial charge in [0.05, 0.1) is 0 Å². The summed E-state index contributed by atoms with van der Waals surface area (Å²) in [7, 11) is 0. The van der Waals surface area contributed by atoms with E-state index in [1.54, 1.807) is 0 Å². The van der Waals surface area contributed by atoms with Crippen molar-refractivity contribution in [2.75, 3.05) is 0 Å². The highest BCUT2D eigenvalue weighted by molar-refractivity contribution is 5.89. The van der Waals surface area contributed by atoms with E-state index in [0.29, 0.717) is 5.92 Å². The second kappa shape index (κ2) is 5.33. The average Bonchev–Trinajstić information content (AvgIpc) is 2.03. The van der Waals surface area contributed by atoms with Crippen molar-refractivity contribution in [1.29, 1.82) is 0 Å². The Kier molecular flexibility index (Phi) is 5.11. The number of rotatable bonds is 3. The second-order valence-corrected chi connectivity index (χ2v) is 5.03. The molecule has 0 aromatic rings. The third-order valence-electron chi connectivity index (χ3n) is 2.35. The Morgan fingerprint density at radius 3 is 2.00 bits per heavy atom. The average molecular weight is 195 g/mol. The van der Waals surface area contributed by atoms with Crippen molar-refractivity contribution >= 4 is 5.71 Å². The maximum Gasteiger partial charge on any atom is 0.0386 e. The molecule has 0 spiro atoms. The largest absolute Gasteiger partial charge is 0.262 e. The molecule has 0 bridgehead atoms. The summed E-state index contributed by atoms with van der Waals surface area (Å²) in [6.45, 7) is 15.3. The zero-order valence-corrected chi connectivity index (χ0v) is 10.8. The summed E-state index contributed by atoms with van der Waals surface area (Å²) in [5.41, 5.74) is 2.69. The summed E-state index contributed by atoms with van der Waals surface area (Å²) in [4.78, 5) is 4.76. The molecule has 0 aliphatic heterocycles. The summed E-state index contributed by atoms with van der Waals surface area (Å²) in [5, 5.41) is 0. The van der Waals surface area contributed by atoms with Crippen LogP contribution in [-0.2, 0) is 0 Å². The van der Waals surface area contributed by atoms with Gasteiger partial charge in [0.25, 0.3) is 0 Å².